The smallest absolute Gasteiger partial charge is 0.180 e. The molecule has 21 heavy (non-hydrogen) atoms. The van der Waals surface area contributed by atoms with Crippen molar-refractivity contribution in [2.75, 3.05) is 10.3 Å². The number of hydrogen-bond acceptors (Lipinski definition) is 6. The zero-order valence-electron chi connectivity index (χ0n) is 12.0. The number of hydrazine groups is 1. The quantitative estimate of drug-likeness (QED) is 0.559. The van der Waals surface area contributed by atoms with Crippen LogP contribution in [0.2, 0.25) is 0 Å². The second-order valence-corrected chi connectivity index (χ2v) is 6.09. The first-order chi connectivity index (χ1) is 10.2. The SMILES string of the molecule is CC(C)N(Cc1cccs1)c1nc(NN)cn2ccnc12. The van der Waals surface area contributed by atoms with Gasteiger partial charge in [0.1, 0.15) is 0 Å². The van der Waals surface area contributed by atoms with Crippen LogP contribution in [0.25, 0.3) is 5.65 Å². The minimum atomic E-state index is 0.299. The fraction of sp³-hybridized carbons (Fsp3) is 0.286. The lowest BCUT2D eigenvalue weighted by atomic mass is 10.3. The minimum absolute atomic E-state index is 0.299. The van der Waals surface area contributed by atoms with Crippen LogP contribution in [0.1, 0.15) is 18.7 Å². The Labute approximate surface area is 127 Å². The van der Waals surface area contributed by atoms with Gasteiger partial charge in [0.25, 0.3) is 0 Å². The van der Waals surface area contributed by atoms with Crippen LogP contribution in [0.15, 0.2) is 36.1 Å². The lowest BCUT2D eigenvalue weighted by Crippen LogP contribution is -2.31. The van der Waals surface area contributed by atoms with Crippen molar-refractivity contribution in [2.45, 2.75) is 26.4 Å². The third kappa shape index (κ3) is 2.70. The molecular formula is C14H18N6S. The van der Waals surface area contributed by atoms with Gasteiger partial charge in [-0.05, 0) is 25.3 Å². The van der Waals surface area contributed by atoms with Crippen molar-refractivity contribution in [1.29, 1.82) is 0 Å². The molecule has 0 unspecified atom stereocenters. The molecule has 0 amide bonds. The van der Waals surface area contributed by atoms with Gasteiger partial charge >= 0.3 is 0 Å². The molecular weight excluding hydrogens is 284 g/mol. The lowest BCUT2D eigenvalue weighted by molar-refractivity contribution is 0.677. The summed E-state index contributed by atoms with van der Waals surface area (Å²) in [6, 6.07) is 4.50. The largest absolute Gasteiger partial charge is 0.346 e. The molecule has 3 N–H and O–H groups in total. The number of anilines is 2. The Balaban J connectivity index is 2.07. The highest BCUT2D eigenvalue weighted by Crippen LogP contribution is 2.25. The third-order valence-corrected chi connectivity index (χ3v) is 4.17. The van der Waals surface area contributed by atoms with E-state index in [0.717, 1.165) is 18.0 Å². The molecule has 6 nitrogen and oxygen atoms in total. The van der Waals surface area contributed by atoms with E-state index < -0.39 is 0 Å². The molecule has 0 spiro atoms. The van der Waals surface area contributed by atoms with Crippen LogP contribution in [0.3, 0.4) is 0 Å². The maximum atomic E-state index is 5.53. The summed E-state index contributed by atoms with van der Waals surface area (Å²) in [5.41, 5.74) is 3.45. The summed E-state index contributed by atoms with van der Waals surface area (Å²) in [4.78, 5) is 12.5. The number of nitrogens with one attached hydrogen (secondary N) is 1. The first kappa shape index (κ1) is 13.8. The molecule has 110 valence electrons. The highest BCUT2D eigenvalue weighted by atomic mass is 32.1. The molecule has 0 aromatic carbocycles. The summed E-state index contributed by atoms with van der Waals surface area (Å²) in [6.07, 6.45) is 5.49. The fourth-order valence-corrected chi connectivity index (χ4v) is 2.95. The number of fused-ring (bicyclic) bond motifs is 1. The van der Waals surface area contributed by atoms with Crippen LogP contribution < -0.4 is 16.2 Å². The van der Waals surface area contributed by atoms with E-state index in [-0.39, 0.29) is 0 Å². The first-order valence-corrected chi connectivity index (χ1v) is 7.66. The average Bonchev–Trinajstić information content (AvgIpc) is 3.14. The molecule has 3 rings (SSSR count). The van der Waals surface area contributed by atoms with E-state index in [1.54, 1.807) is 17.5 Å². The summed E-state index contributed by atoms with van der Waals surface area (Å²) in [5, 5.41) is 2.09. The molecule has 0 aliphatic carbocycles. The van der Waals surface area contributed by atoms with Crippen molar-refractivity contribution in [3.63, 3.8) is 0 Å². The Morgan fingerprint density at radius 3 is 3.00 bits per heavy atom. The summed E-state index contributed by atoms with van der Waals surface area (Å²) in [5.74, 6) is 6.98. The van der Waals surface area contributed by atoms with Crippen LogP contribution in [-0.4, -0.2) is 20.4 Å². The van der Waals surface area contributed by atoms with Gasteiger partial charge < -0.3 is 14.7 Å². The predicted octanol–water partition coefficient (Wildman–Crippen LogP) is 2.49. The Morgan fingerprint density at radius 2 is 2.33 bits per heavy atom. The van der Waals surface area contributed by atoms with Crippen LogP contribution in [-0.2, 0) is 6.54 Å². The number of hydrogen-bond donors (Lipinski definition) is 2. The molecule has 7 heteroatoms. The van der Waals surface area contributed by atoms with Gasteiger partial charge in [-0.15, -0.1) is 11.3 Å². The average molecular weight is 302 g/mol. The van der Waals surface area contributed by atoms with Gasteiger partial charge in [0, 0.05) is 23.3 Å². The van der Waals surface area contributed by atoms with E-state index in [9.17, 15) is 0 Å². The van der Waals surface area contributed by atoms with Crippen molar-refractivity contribution in [3.05, 3.63) is 41.0 Å². The number of nitrogens with two attached hydrogens (primary N) is 1. The lowest BCUT2D eigenvalue weighted by Gasteiger charge is -2.28. The van der Waals surface area contributed by atoms with E-state index in [1.807, 2.05) is 16.8 Å². The van der Waals surface area contributed by atoms with Crippen LogP contribution in [0.5, 0.6) is 0 Å². The van der Waals surface area contributed by atoms with Gasteiger partial charge in [0.15, 0.2) is 17.3 Å². The normalized spacial score (nSPS) is 11.2. The number of nitrogens with zero attached hydrogens (tertiary/aromatic N) is 4. The topological polar surface area (TPSA) is 71.5 Å². The standard InChI is InChI=1S/C14H18N6S/c1-10(2)20(8-11-4-3-7-21-11)14-13-16-5-6-19(13)9-12(17-14)18-15/h3-7,9-10,18H,8,15H2,1-2H3. The maximum Gasteiger partial charge on any atom is 0.180 e. The summed E-state index contributed by atoms with van der Waals surface area (Å²) in [6.45, 7) is 5.10. The molecule has 0 atom stereocenters. The summed E-state index contributed by atoms with van der Waals surface area (Å²) >= 11 is 1.74. The van der Waals surface area contributed by atoms with Gasteiger partial charge in [-0.2, -0.15) is 0 Å². The van der Waals surface area contributed by atoms with Crippen LogP contribution in [0, 0.1) is 0 Å². The second-order valence-electron chi connectivity index (χ2n) is 5.05. The summed E-state index contributed by atoms with van der Waals surface area (Å²) < 4.78 is 1.93. The molecule has 3 heterocycles. The van der Waals surface area contributed by atoms with Gasteiger partial charge in [-0.3, -0.25) is 0 Å². The Morgan fingerprint density at radius 1 is 1.48 bits per heavy atom. The van der Waals surface area contributed by atoms with Crippen molar-refractivity contribution in [2.24, 2.45) is 5.84 Å². The maximum absolute atomic E-state index is 5.53. The van der Waals surface area contributed by atoms with Crippen molar-refractivity contribution in [1.82, 2.24) is 14.4 Å². The van der Waals surface area contributed by atoms with E-state index in [1.165, 1.54) is 4.88 Å². The zero-order valence-corrected chi connectivity index (χ0v) is 12.8. The first-order valence-electron chi connectivity index (χ1n) is 6.78. The van der Waals surface area contributed by atoms with Crippen molar-refractivity contribution in [3.8, 4) is 0 Å². The van der Waals surface area contributed by atoms with Crippen molar-refractivity contribution < 1.29 is 0 Å². The van der Waals surface area contributed by atoms with Gasteiger partial charge in [0.2, 0.25) is 0 Å². The van der Waals surface area contributed by atoms with E-state index >= 15 is 0 Å². The predicted molar refractivity (Wildman–Crippen MR) is 86.4 cm³/mol. The van der Waals surface area contributed by atoms with Gasteiger partial charge in [-0.1, -0.05) is 6.07 Å². The number of aromatic nitrogens is 3. The highest BCUT2D eigenvalue weighted by Gasteiger charge is 2.18. The van der Waals surface area contributed by atoms with Crippen molar-refractivity contribution >= 4 is 28.6 Å². The van der Waals surface area contributed by atoms with E-state index in [2.05, 4.69) is 51.7 Å². The third-order valence-electron chi connectivity index (χ3n) is 3.31. The number of thiophene rings is 1. The molecule has 3 aromatic rings. The Bertz CT molecular complexity index is 718. The molecule has 0 bridgehead atoms. The van der Waals surface area contributed by atoms with Crippen LogP contribution >= 0.6 is 11.3 Å². The molecule has 0 saturated carbocycles. The fourth-order valence-electron chi connectivity index (χ4n) is 2.25. The van der Waals surface area contributed by atoms with Crippen LogP contribution in [0.4, 0.5) is 11.6 Å². The molecule has 0 fully saturated rings. The van der Waals surface area contributed by atoms with E-state index in [0.29, 0.717) is 11.9 Å². The monoisotopic (exact) mass is 302 g/mol. The molecule has 0 radical (unpaired) electrons. The Hall–Kier alpha value is -2.12. The Kier molecular flexibility index (Phi) is 3.76. The number of nitrogen functional groups attached to an aromatic ring is 1. The molecule has 3 aromatic heterocycles. The highest BCUT2D eigenvalue weighted by molar-refractivity contribution is 7.09. The number of rotatable bonds is 5. The molecule has 0 aliphatic heterocycles. The number of imidazole rings is 1. The second kappa shape index (κ2) is 5.71. The van der Waals surface area contributed by atoms with Gasteiger partial charge in [0.05, 0.1) is 12.7 Å². The molecule has 0 aliphatic rings. The van der Waals surface area contributed by atoms with Gasteiger partial charge in [-0.25, -0.2) is 15.8 Å². The summed E-state index contributed by atoms with van der Waals surface area (Å²) in [7, 11) is 0. The van der Waals surface area contributed by atoms with E-state index in [4.69, 9.17) is 5.84 Å². The minimum Gasteiger partial charge on any atom is -0.346 e. The zero-order chi connectivity index (χ0) is 14.8. The molecule has 0 saturated heterocycles.